The van der Waals surface area contributed by atoms with Gasteiger partial charge in [-0.05, 0) is 0 Å². The molecule has 1 amide bonds. The van der Waals surface area contributed by atoms with E-state index in [0.717, 1.165) is 12.1 Å². The molecule has 1 aromatic rings. The molecule has 0 saturated heterocycles. The summed E-state index contributed by atoms with van der Waals surface area (Å²) in [6.07, 6.45) is 2.36. The van der Waals surface area contributed by atoms with Crippen LogP contribution < -0.4 is 5.32 Å². The lowest BCUT2D eigenvalue weighted by Gasteiger charge is -1.96. The molecule has 5 heteroatoms. The van der Waals surface area contributed by atoms with Gasteiger partial charge in [0, 0.05) is 19.9 Å². The minimum Gasteiger partial charge on any atom is -0.356 e. The Hall–Kier alpha value is -1.39. The Labute approximate surface area is 64.2 Å². The number of hydrogen-bond acceptors (Lipinski definition) is 3. The Kier molecular flexibility index (Phi) is 2.59. The van der Waals surface area contributed by atoms with Gasteiger partial charge in [0.25, 0.3) is 0 Å². The predicted molar refractivity (Wildman–Crippen MR) is 38.8 cm³/mol. The third-order valence-electron chi connectivity index (χ3n) is 1.22. The molecule has 0 aliphatic heterocycles. The van der Waals surface area contributed by atoms with Crippen LogP contribution in [0.4, 0.5) is 0 Å². The second-order valence-electron chi connectivity index (χ2n) is 2.19. The van der Waals surface area contributed by atoms with E-state index in [1.54, 1.807) is 6.20 Å². The molecule has 0 aliphatic carbocycles. The fourth-order valence-electron chi connectivity index (χ4n) is 0.712. The van der Waals surface area contributed by atoms with Crippen LogP contribution in [0.15, 0.2) is 6.20 Å². The Morgan fingerprint density at radius 1 is 1.82 bits per heavy atom. The Morgan fingerprint density at radius 2 is 2.64 bits per heavy atom. The van der Waals surface area contributed by atoms with E-state index in [0.29, 0.717) is 6.54 Å². The number of carbonyl (C=O) groups excluding carboxylic acids is 1. The molecule has 2 N–H and O–H groups in total. The third kappa shape index (κ3) is 2.79. The lowest BCUT2D eigenvalue weighted by atomic mass is 10.3. The van der Waals surface area contributed by atoms with Crippen molar-refractivity contribution in [3.05, 3.63) is 11.9 Å². The maximum absolute atomic E-state index is 10.4. The zero-order chi connectivity index (χ0) is 8.10. The highest BCUT2D eigenvalue weighted by atomic mass is 16.1. The molecule has 0 unspecified atom stereocenters. The number of H-pyrrole nitrogens is 1. The van der Waals surface area contributed by atoms with Crippen LogP contribution in [-0.2, 0) is 11.2 Å². The Morgan fingerprint density at radius 3 is 3.18 bits per heavy atom. The normalized spacial score (nSPS) is 9.55. The first-order chi connectivity index (χ1) is 5.29. The van der Waals surface area contributed by atoms with Gasteiger partial charge in [0.1, 0.15) is 0 Å². The average molecular weight is 154 g/mol. The van der Waals surface area contributed by atoms with Gasteiger partial charge in [-0.25, -0.2) is 0 Å². The molecule has 1 aromatic heterocycles. The van der Waals surface area contributed by atoms with Gasteiger partial charge in [0.2, 0.25) is 5.91 Å². The second kappa shape index (κ2) is 3.70. The minimum absolute atomic E-state index is 0.0199. The third-order valence-corrected chi connectivity index (χ3v) is 1.22. The lowest BCUT2D eigenvalue weighted by molar-refractivity contribution is -0.118. The van der Waals surface area contributed by atoms with E-state index in [9.17, 15) is 4.79 Å². The summed E-state index contributed by atoms with van der Waals surface area (Å²) >= 11 is 0. The highest BCUT2D eigenvalue weighted by molar-refractivity contribution is 5.72. The quantitative estimate of drug-likeness (QED) is 0.615. The van der Waals surface area contributed by atoms with E-state index in [4.69, 9.17) is 0 Å². The summed E-state index contributed by atoms with van der Waals surface area (Å²) < 4.78 is 0. The molecule has 0 saturated carbocycles. The molecule has 11 heavy (non-hydrogen) atoms. The van der Waals surface area contributed by atoms with Crippen LogP contribution in [0.5, 0.6) is 0 Å². The van der Waals surface area contributed by atoms with Crippen molar-refractivity contribution < 1.29 is 4.79 Å². The van der Waals surface area contributed by atoms with Crippen LogP contribution in [-0.4, -0.2) is 27.9 Å². The average Bonchev–Trinajstić information content (AvgIpc) is 2.39. The highest BCUT2D eigenvalue weighted by Gasteiger charge is 1.95. The maximum Gasteiger partial charge on any atom is 0.216 e. The number of carbonyl (C=O) groups is 1. The first kappa shape index (κ1) is 7.71. The molecule has 1 heterocycles. The van der Waals surface area contributed by atoms with Crippen molar-refractivity contribution in [3.63, 3.8) is 0 Å². The van der Waals surface area contributed by atoms with E-state index >= 15 is 0 Å². The zero-order valence-corrected chi connectivity index (χ0v) is 6.29. The lowest BCUT2D eigenvalue weighted by Crippen LogP contribution is -2.22. The molecule has 0 spiro atoms. The molecule has 0 fully saturated rings. The van der Waals surface area contributed by atoms with Crippen LogP contribution >= 0.6 is 0 Å². The molecule has 60 valence electrons. The van der Waals surface area contributed by atoms with Crippen molar-refractivity contribution in [3.8, 4) is 0 Å². The summed E-state index contributed by atoms with van der Waals surface area (Å²) in [5, 5.41) is 12.6. The van der Waals surface area contributed by atoms with Gasteiger partial charge in [0.05, 0.1) is 11.9 Å². The van der Waals surface area contributed by atoms with Gasteiger partial charge >= 0.3 is 0 Å². The highest BCUT2D eigenvalue weighted by Crippen LogP contribution is 1.87. The summed E-state index contributed by atoms with van der Waals surface area (Å²) in [5.74, 6) is -0.0199. The first-order valence-corrected chi connectivity index (χ1v) is 3.38. The molecule has 0 bridgehead atoms. The van der Waals surface area contributed by atoms with Crippen LogP contribution in [0, 0.1) is 0 Å². The first-order valence-electron chi connectivity index (χ1n) is 3.38. The molecule has 0 radical (unpaired) electrons. The number of amides is 1. The largest absolute Gasteiger partial charge is 0.356 e. The maximum atomic E-state index is 10.4. The van der Waals surface area contributed by atoms with Crippen molar-refractivity contribution in [1.82, 2.24) is 20.7 Å². The van der Waals surface area contributed by atoms with Gasteiger partial charge < -0.3 is 5.32 Å². The van der Waals surface area contributed by atoms with E-state index in [2.05, 4.69) is 20.7 Å². The number of aromatic amines is 1. The number of rotatable bonds is 3. The van der Waals surface area contributed by atoms with Crippen molar-refractivity contribution in [2.45, 2.75) is 13.3 Å². The molecular formula is C6H10N4O. The molecule has 5 nitrogen and oxygen atoms in total. The molecule has 0 atom stereocenters. The van der Waals surface area contributed by atoms with Crippen molar-refractivity contribution in [1.29, 1.82) is 0 Å². The van der Waals surface area contributed by atoms with Gasteiger partial charge in [-0.2, -0.15) is 15.4 Å². The molecular weight excluding hydrogens is 144 g/mol. The number of hydrogen-bond donors (Lipinski definition) is 2. The topological polar surface area (TPSA) is 70.7 Å². The summed E-state index contributed by atoms with van der Waals surface area (Å²) in [4.78, 5) is 10.4. The summed E-state index contributed by atoms with van der Waals surface area (Å²) in [5.41, 5.74) is 0.860. The van der Waals surface area contributed by atoms with E-state index in [1.807, 2.05) is 0 Å². The minimum atomic E-state index is -0.0199. The summed E-state index contributed by atoms with van der Waals surface area (Å²) in [6, 6.07) is 0. The van der Waals surface area contributed by atoms with Crippen LogP contribution in [0.1, 0.15) is 12.6 Å². The molecule has 0 aromatic carbocycles. The number of nitrogens with zero attached hydrogens (tertiary/aromatic N) is 2. The van der Waals surface area contributed by atoms with Crippen molar-refractivity contribution in [2.24, 2.45) is 0 Å². The predicted octanol–water partition coefficient (Wildman–Crippen LogP) is -0.517. The van der Waals surface area contributed by atoms with Crippen LogP contribution in [0.3, 0.4) is 0 Å². The summed E-state index contributed by atoms with van der Waals surface area (Å²) in [6.45, 7) is 2.10. The fraction of sp³-hybridized carbons (Fsp3) is 0.500. The molecule has 1 rings (SSSR count). The van der Waals surface area contributed by atoms with Crippen molar-refractivity contribution in [2.75, 3.05) is 6.54 Å². The van der Waals surface area contributed by atoms with Gasteiger partial charge in [-0.1, -0.05) is 0 Å². The Balaban J connectivity index is 2.19. The molecule has 0 aliphatic rings. The SMILES string of the molecule is CC(=O)NCCc1cn[nH]n1. The summed E-state index contributed by atoms with van der Waals surface area (Å²) in [7, 11) is 0. The Bertz CT molecular complexity index is 218. The van der Waals surface area contributed by atoms with Gasteiger partial charge in [0.15, 0.2) is 0 Å². The van der Waals surface area contributed by atoms with Crippen LogP contribution in [0.25, 0.3) is 0 Å². The number of aromatic nitrogens is 3. The fourth-order valence-corrected chi connectivity index (χ4v) is 0.712. The standard InChI is InChI=1S/C6H10N4O/c1-5(11)7-3-2-6-4-8-10-9-6/h4H,2-3H2,1H3,(H,7,11)(H,8,9,10). The van der Waals surface area contributed by atoms with Gasteiger partial charge in [-0.15, -0.1) is 0 Å². The van der Waals surface area contributed by atoms with E-state index in [1.165, 1.54) is 6.92 Å². The van der Waals surface area contributed by atoms with E-state index < -0.39 is 0 Å². The van der Waals surface area contributed by atoms with Crippen LogP contribution in [0.2, 0.25) is 0 Å². The number of nitrogens with one attached hydrogen (secondary N) is 2. The second-order valence-corrected chi connectivity index (χ2v) is 2.19. The smallest absolute Gasteiger partial charge is 0.216 e. The van der Waals surface area contributed by atoms with E-state index in [-0.39, 0.29) is 5.91 Å². The monoisotopic (exact) mass is 154 g/mol. The zero-order valence-electron chi connectivity index (χ0n) is 6.29. The van der Waals surface area contributed by atoms with Gasteiger partial charge in [-0.3, -0.25) is 4.79 Å². The van der Waals surface area contributed by atoms with Crippen molar-refractivity contribution >= 4 is 5.91 Å².